The van der Waals surface area contributed by atoms with Crippen LogP contribution in [0, 0.1) is 11.8 Å². The summed E-state index contributed by atoms with van der Waals surface area (Å²) in [5.41, 5.74) is 3.14. The number of carbonyl (C=O) groups excluding carboxylic acids is 1. The largest absolute Gasteiger partial charge is 0.384 e. The molecule has 1 aromatic rings. The van der Waals surface area contributed by atoms with E-state index >= 15 is 0 Å². The van der Waals surface area contributed by atoms with E-state index in [9.17, 15) is 4.79 Å². The van der Waals surface area contributed by atoms with Crippen LogP contribution in [0.25, 0.3) is 0 Å². The minimum Gasteiger partial charge on any atom is -0.384 e. The van der Waals surface area contributed by atoms with E-state index in [1.165, 1.54) is 24.8 Å². The number of nitrogens with one attached hydrogen (secondary N) is 2. The molecule has 3 heteroatoms. The van der Waals surface area contributed by atoms with Gasteiger partial charge in [-0.05, 0) is 49.1 Å². The first kappa shape index (κ1) is 13.5. The first-order valence-electron chi connectivity index (χ1n) is 7.88. The molecule has 1 amide bonds. The Morgan fingerprint density at radius 2 is 2.30 bits per heavy atom. The van der Waals surface area contributed by atoms with E-state index in [4.69, 9.17) is 0 Å². The predicted octanol–water partition coefficient (Wildman–Crippen LogP) is 3.21. The maximum atomic E-state index is 12.4. The van der Waals surface area contributed by atoms with Crippen molar-refractivity contribution < 1.29 is 4.79 Å². The second-order valence-corrected chi connectivity index (χ2v) is 6.36. The molecule has 2 unspecified atom stereocenters. The smallest absolute Gasteiger partial charge is 0.253 e. The van der Waals surface area contributed by atoms with Gasteiger partial charge in [0, 0.05) is 13.1 Å². The monoisotopic (exact) mass is 272 g/mol. The van der Waals surface area contributed by atoms with E-state index in [0.29, 0.717) is 5.92 Å². The average molecular weight is 272 g/mol. The summed E-state index contributed by atoms with van der Waals surface area (Å²) in [5, 5.41) is 6.52. The summed E-state index contributed by atoms with van der Waals surface area (Å²) in [5.74, 6) is 1.57. The molecule has 0 aromatic heterocycles. The highest BCUT2D eigenvalue weighted by molar-refractivity contribution is 6.00. The van der Waals surface area contributed by atoms with Gasteiger partial charge < -0.3 is 10.6 Å². The number of aryl methyl sites for hydroxylation is 1. The molecule has 108 valence electrons. The van der Waals surface area contributed by atoms with Gasteiger partial charge in [0.15, 0.2) is 0 Å². The number of rotatable bonds is 3. The standard InChI is InChI=1S/C17H24N2O/c1-12-7-8-13(10-12)11-19-17(20)15-6-2-4-14-5-3-9-18-16(14)15/h2,4,6,12-13,18H,3,5,7-11H2,1H3,(H,19,20). The van der Waals surface area contributed by atoms with Crippen molar-refractivity contribution in [3.05, 3.63) is 29.3 Å². The molecule has 1 aliphatic carbocycles. The van der Waals surface area contributed by atoms with E-state index in [1.54, 1.807) is 0 Å². The molecule has 0 spiro atoms. The highest BCUT2D eigenvalue weighted by Gasteiger charge is 2.23. The second kappa shape index (κ2) is 5.86. The predicted molar refractivity (Wildman–Crippen MR) is 82.1 cm³/mol. The lowest BCUT2D eigenvalue weighted by Gasteiger charge is -2.21. The summed E-state index contributed by atoms with van der Waals surface area (Å²) < 4.78 is 0. The third-order valence-corrected chi connectivity index (χ3v) is 4.67. The maximum absolute atomic E-state index is 12.4. The van der Waals surface area contributed by atoms with Gasteiger partial charge in [-0.3, -0.25) is 4.79 Å². The molecular weight excluding hydrogens is 248 g/mol. The van der Waals surface area contributed by atoms with Crippen molar-refractivity contribution in [2.24, 2.45) is 11.8 Å². The average Bonchev–Trinajstić information content (AvgIpc) is 2.90. The Kier molecular flexibility index (Phi) is 3.95. The number of anilines is 1. The van der Waals surface area contributed by atoms with Crippen LogP contribution < -0.4 is 10.6 Å². The Labute approximate surface area is 121 Å². The van der Waals surface area contributed by atoms with Crippen LogP contribution in [0.4, 0.5) is 5.69 Å². The maximum Gasteiger partial charge on any atom is 0.253 e. The van der Waals surface area contributed by atoms with Crippen molar-refractivity contribution in [2.75, 3.05) is 18.4 Å². The lowest BCUT2D eigenvalue weighted by atomic mass is 9.99. The number of fused-ring (bicyclic) bond motifs is 1. The van der Waals surface area contributed by atoms with Crippen molar-refractivity contribution >= 4 is 11.6 Å². The molecule has 0 saturated heterocycles. The molecular formula is C17H24N2O. The van der Waals surface area contributed by atoms with Gasteiger partial charge in [0.1, 0.15) is 0 Å². The Morgan fingerprint density at radius 3 is 3.10 bits per heavy atom. The minimum absolute atomic E-state index is 0.0794. The summed E-state index contributed by atoms with van der Waals surface area (Å²) in [6.07, 6.45) is 6.04. The number of amides is 1. The van der Waals surface area contributed by atoms with E-state index in [0.717, 1.165) is 43.1 Å². The van der Waals surface area contributed by atoms with Gasteiger partial charge in [-0.1, -0.05) is 25.5 Å². The van der Waals surface area contributed by atoms with Crippen LogP contribution in [-0.4, -0.2) is 19.0 Å². The number of carbonyl (C=O) groups is 1. The third-order valence-electron chi connectivity index (χ3n) is 4.67. The molecule has 0 bridgehead atoms. The molecule has 2 aliphatic rings. The fourth-order valence-electron chi connectivity index (χ4n) is 3.54. The SMILES string of the molecule is CC1CCC(CNC(=O)c2cccc3c2NCCC3)C1. The quantitative estimate of drug-likeness (QED) is 0.887. The Bertz CT molecular complexity index is 498. The summed E-state index contributed by atoms with van der Waals surface area (Å²) in [6.45, 7) is 4.10. The minimum atomic E-state index is 0.0794. The van der Waals surface area contributed by atoms with Crippen molar-refractivity contribution in [2.45, 2.75) is 39.0 Å². The van der Waals surface area contributed by atoms with Crippen LogP contribution in [0.1, 0.15) is 48.5 Å². The van der Waals surface area contributed by atoms with Crippen molar-refractivity contribution in [1.29, 1.82) is 0 Å². The first-order chi connectivity index (χ1) is 9.74. The Balaban J connectivity index is 1.65. The Morgan fingerprint density at radius 1 is 1.40 bits per heavy atom. The van der Waals surface area contributed by atoms with Gasteiger partial charge in [0.2, 0.25) is 0 Å². The highest BCUT2D eigenvalue weighted by Crippen LogP contribution is 2.30. The first-order valence-corrected chi connectivity index (χ1v) is 7.88. The van der Waals surface area contributed by atoms with Crippen LogP contribution in [0.15, 0.2) is 18.2 Å². The molecule has 2 N–H and O–H groups in total. The summed E-state index contributed by atoms with van der Waals surface area (Å²) in [7, 11) is 0. The van der Waals surface area contributed by atoms with Crippen LogP contribution in [0.3, 0.4) is 0 Å². The summed E-state index contributed by atoms with van der Waals surface area (Å²) in [4.78, 5) is 12.4. The van der Waals surface area contributed by atoms with E-state index < -0.39 is 0 Å². The van der Waals surface area contributed by atoms with Gasteiger partial charge in [-0.25, -0.2) is 0 Å². The topological polar surface area (TPSA) is 41.1 Å². The number of para-hydroxylation sites is 1. The molecule has 20 heavy (non-hydrogen) atoms. The molecule has 1 fully saturated rings. The fourth-order valence-corrected chi connectivity index (χ4v) is 3.54. The molecule has 2 atom stereocenters. The van der Waals surface area contributed by atoms with Gasteiger partial charge >= 0.3 is 0 Å². The van der Waals surface area contributed by atoms with Gasteiger partial charge in [-0.2, -0.15) is 0 Å². The van der Waals surface area contributed by atoms with Crippen LogP contribution >= 0.6 is 0 Å². The van der Waals surface area contributed by atoms with Gasteiger partial charge in [0.25, 0.3) is 5.91 Å². The van der Waals surface area contributed by atoms with Gasteiger partial charge in [-0.15, -0.1) is 0 Å². The fraction of sp³-hybridized carbons (Fsp3) is 0.588. The zero-order chi connectivity index (χ0) is 13.9. The van der Waals surface area contributed by atoms with Crippen LogP contribution in [-0.2, 0) is 6.42 Å². The summed E-state index contributed by atoms with van der Waals surface area (Å²) in [6, 6.07) is 6.05. The van der Waals surface area contributed by atoms with E-state index in [-0.39, 0.29) is 5.91 Å². The van der Waals surface area contributed by atoms with Crippen molar-refractivity contribution in [3.63, 3.8) is 0 Å². The molecule has 3 rings (SSSR count). The molecule has 0 radical (unpaired) electrons. The highest BCUT2D eigenvalue weighted by atomic mass is 16.1. The zero-order valence-electron chi connectivity index (χ0n) is 12.2. The molecule has 3 nitrogen and oxygen atoms in total. The lowest BCUT2D eigenvalue weighted by molar-refractivity contribution is 0.0947. The molecule has 1 saturated carbocycles. The normalized spacial score (nSPS) is 24.9. The lowest BCUT2D eigenvalue weighted by Crippen LogP contribution is -2.30. The van der Waals surface area contributed by atoms with E-state index in [2.05, 4.69) is 23.6 Å². The van der Waals surface area contributed by atoms with Crippen LogP contribution in [0.5, 0.6) is 0 Å². The third kappa shape index (κ3) is 2.82. The van der Waals surface area contributed by atoms with Crippen molar-refractivity contribution in [1.82, 2.24) is 5.32 Å². The number of benzene rings is 1. The van der Waals surface area contributed by atoms with Gasteiger partial charge in [0.05, 0.1) is 11.3 Å². The molecule has 1 heterocycles. The Hall–Kier alpha value is -1.51. The molecule has 1 aliphatic heterocycles. The van der Waals surface area contributed by atoms with E-state index in [1.807, 2.05) is 12.1 Å². The number of hydrogen-bond acceptors (Lipinski definition) is 2. The summed E-state index contributed by atoms with van der Waals surface area (Å²) >= 11 is 0. The van der Waals surface area contributed by atoms with Crippen LogP contribution in [0.2, 0.25) is 0 Å². The second-order valence-electron chi connectivity index (χ2n) is 6.36. The number of hydrogen-bond donors (Lipinski definition) is 2. The molecule has 1 aromatic carbocycles. The van der Waals surface area contributed by atoms with Crippen molar-refractivity contribution in [3.8, 4) is 0 Å². The zero-order valence-corrected chi connectivity index (χ0v) is 12.2.